The summed E-state index contributed by atoms with van der Waals surface area (Å²) in [6, 6.07) is 3.69. The molecule has 0 spiro atoms. The SMILES string of the molecule is C=CC(=O)OCCCCOc1ccc(C=CC(=O)OC)c(OCCCCCC)c1OCCCCCC. The number of ether oxygens (including phenoxy) is 5. The average molecular weight is 505 g/mol. The molecule has 0 unspecified atom stereocenters. The van der Waals surface area contributed by atoms with Crippen molar-refractivity contribution in [1.82, 2.24) is 0 Å². The van der Waals surface area contributed by atoms with Crippen LogP contribution >= 0.6 is 0 Å². The number of carbonyl (C=O) groups excluding carboxylic acids is 2. The normalized spacial score (nSPS) is 10.8. The number of benzene rings is 1. The smallest absolute Gasteiger partial charge is 0.330 e. The van der Waals surface area contributed by atoms with E-state index in [1.54, 1.807) is 6.08 Å². The van der Waals surface area contributed by atoms with Crippen molar-refractivity contribution in [1.29, 1.82) is 0 Å². The van der Waals surface area contributed by atoms with E-state index >= 15 is 0 Å². The van der Waals surface area contributed by atoms with Crippen LogP contribution in [0.1, 0.15) is 83.6 Å². The number of hydrogen-bond acceptors (Lipinski definition) is 7. The Hall–Kier alpha value is -2.96. The molecule has 0 aliphatic rings. The van der Waals surface area contributed by atoms with Gasteiger partial charge in [0.1, 0.15) is 0 Å². The summed E-state index contributed by atoms with van der Waals surface area (Å²) < 4.78 is 28.2. The van der Waals surface area contributed by atoms with Crippen LogP contribution in [0.4, 0.5) is 0 Å². The molecule has 36 heavy (non-hydrogen) atoms. The van der Waals surface area contributed by atoms with E-state index < -0.39 is 11.9 Å². The molecule has 0 N–H and O–H groups in total. The first kappa shape index (κ1) is 31.1. The second-order valence-corrected chi connectivity index (χ2v) is 8.41. The van der Waals surface area contributed by atoms with Gasteiger partial charge >= 0.3 is 11.9 Å². The molecule has 1 aromatic rings. The van der Waals surface area contributed by atoms with E-state index in [2.05, 4.69) is 20.4 Å². The van der Waals surface area contributed by atoms with Gasteiger partial charge in [-0.25, -0.2) is 9.59 Å². The van der Waals surface area contributed by atoms with Crippen molar-refractivity contribution in [2.45, 2.75) is 78.1 Å². The highest BCUT2D eigenvalue weighted by Gasteiger charge is 2.17. The van der Waals surface area contributed by atoms with Crippen LogP contribution in [0.3, 0.4) is 0 Å². The largest absolute Gasteiger partial charge is 0.490 e. The zero-order valence-electron chi connectivity index (χ0n) is 22.4. The summed E-state index contributed by atoms with van der Waals surface area (Å²) in [4.78, 5) is 22.9. The van der Waals surface area contributed by atoms with Crippen molar-refractivity contribution in [3.05, 3.63) is 36.4 Å². The van der Waals surface area contributed by atoms with Crippen molar-refractivity contribution in [3.8, 4) is 17.2 Å². The first-order chi connectivity index (χ1) is 17.6. The van der Waals surface area contributed by atoms with Crippen LogP contribution in [-0.4, -0.2) is 45.5 Å². The van der Waals surface area contributed by atoms with Gasteiger partial charge in [-0.05, 0) is 43.9 Å². The summed E-state index contributed by atoms with van der Waals surface area (Å²) in [5.41, 5.74) is 0.725. The first-order valence-corrected chi connectivity index (χ1v) is 13.2. The molecular weight excluding hydrogens is 460 g/mol. The van der Waals surface area contributed by atoms with Gasteiger partial charge in [0.25, 0.3) is 0 Å². The Kier molecular flexibility index (Phi) is 17.5. The molecule has 0 amide bonds. The molecule has 7 nitrogen and oxygen atoms in total. The van der Waals surface area contributed by atoms with E-state index in [4.69, 9.17) is 23.7 Å². The van der Waals surface area contributed by atoms with Crippen LogP contribution in [0, 0.1) is 0 Å². The van der Waals surface area contributed by atoms with E-state index in [0.29, 0.717) is 56.5 Å². The molecular formula is C29H44O7. The maximum atomic E-state index is 11.7. The second-order valence-electron chi connectivity index (χ2n) is 8.41. The predicted molar refractivity (Wildman–Crippen MR) is 143 cm³/mol. The van der Waals surface area contributed by atoms with Crippen molar-refractivity contribution >= 4 is 18.0 Å². The number of rotatable bonds is 21. The number of esters is 2. The Morgan fingerprint density at radius 3 is 1.94 bits per heavy atom. The van der Waals surface area contributed by atoms with Gasteiger partial charge < -0.3 is 23.7 Å². The zero-order chi connectivity index (χ0) is 26.4. The summed E-state index contributed by atoms with van der Waals surface area (Å²) in [7, 11) is 1.35. The van der Waals surface area contributed by atoms with Crippen molar-refractivity contribution < 1.29 is 33.3 Å². The Labute approximate surface area is 216 Å². The van der Waals surface area contributed by atoms with Crippen LogP contribution in [-0.2, 0) is 19.1 Å². The highest BCUT2D eigenvalue weighted by atomic mass is 16.5. The Balaban J connectivity index is 3.03. The minimum Gasteiger partial charge on any atom is -0.490 e. The quantitative estimate of drug-likeness (QED) is 0.105. The molecule has 0 aliphatic heterocycles. The number of hydrogen-bond donors (Lipinski definition) is 0. The third-order valence-corrected chi connectivity index (χ3v) is 5.40. The molecule has 0 fully saturated rings. The highest BCUT2D eigenvalue weighted by molar-refractivity contribution is 5.88. The lowest BCUT2D eigenvalue weighted by molar-refractivity contribution is -0.138. The maximum Gasteiger partial charge on any atom is 0.330 e. The lowest BCUT2D eigenvalue weighted by Crippen LogP contribution is -2.08. The topological polar surface area (TPSA) is 80.3 Å². The Bertz CT molecular complexity index is 801. The van der Waals surface area contributed by atoms with Gasteiger partial charge in [-0.15, -0.1) is 0 Å². The molecule has 0 saturated heterocycles. The van der Waals surface area contributed by atoms with Gasteiger partial charge in [-0.1, -0.05) is 59.0 Å². The van der Waals surface area contributed by atoms with E-state index in [9.17, 15) is 9.59 Å². The number of carbonyl (C=O) groups is 2. The molecule has 202 valence electrons. The third-order valence-electron chi connectivity index (χ3n) is 5.40. The van der Waals surface area contributed by atoms with Crippen LogP contribution in [0.15, 0.2) is 30.9 Å². The molecule has 0 heterocycles. The Morgan fingerprint density at radius 1 is 0.750 bits per heavy atom. The fourth-order valence-electron chi connectivity index (χ4n) is 3.34. The highest BCUT2D eigenvalue weighted by Crippen LogP contribution is 2.41. The minimum atomic E-state index is -0.441. The van der Waals surface area contributed by atoms with E-state index in [1.807, 2.05) is 12.1 Å². The van der Waals surface area contributed by atoms with Crippen LogP contribution < -0.4 is 14.2 Å². The lowest BCUT2D eigenvalue weighted by atomic mass is 10.1. The van der Waals surface area contributed by atoms with E-state index in [1.165, 1.54) is 13.2 Å². The van der Waals surface area contributed by atoms with Crippen LogP contribution in [0.2, 0.25) is 0 Å². The molecule has 1 aromatic carbocycles. The van der Waals surface area contributed by atoms with Crippen molar-refractivity contribution in [3.63, 3.8) is 0 Å². The molecule has 1 rings (SSSR count). The van der Waals surface area contributed by atoms with Gasteiger partial charge in [0.05, 0.1) is 33.5 Å². The fourth-order valence-corrected chi connectivity index (χ4v) is 3.34. The van der Waals surface area contributed by atoms with Gasteiger partial charge in [-0.2, -0.15) is 0 Å². The molecule has 0 aliphatic carbocycles. The van der Waals surface area contributed by atoms with Gasteiger partial charge in [0.2, 0.25) is 5.75 Å². The van der Waals surface area contributed by atoms with Gasteiger partial charge in [0.15, 0.2) is 11.5 Å². The first-order valence-electron chi connectivity index (χ1n) is 13.2. The summed E-state index contributed by atoms with van der Waals surface area (Å²) in [5, 5.41) is 0. The molecule has 0 bridgehead atoms. The van der Waals surface area contributed by atoms with Crippen LogP contribution in [0.5, 0.6) is 17.2 Å². The molecule has 7 heteroatoms. The maximum absolute atomic E-state index is 11.7. The van der Waals surface area contributed by atoms with Crippen LogP contribution in [0.25, 0.3) is 6.08 Å². The average Bonchev–Trinajstić information content (AvgIpc) is 2.89. The summed E-state index contributed by atoms with van der Waals surface area (Å²) >= 11 is 0. The van der Waals surface area contributed by atoms with Gasteiger partial charge in [-0.3, -0.25) is 0 Å². The molecule has 0 radical (unpaired) electrons. The van der Waals surface area contributed by atoms with Crippen molar-refractivity contribution in [2.24, 2.45) is 0 Å². The standard InChI is InChI=1S/C29H44O7/c1-5-8-10-12-22-35-28-24(17-19-27(31)32-4)16-18-25(29(28)36-23-13-11-9-6-2)33-20-14-15-21-34-26(30)7-3/h7,16-19H,3,5-6,8-15,20-23H2,1-2,4H3. The lowest BCUT2D eigenvalue weighted by Gasteiger charge is -2.19. The number of unbranched alkanes of at least 4 members (excludes halogenated alkanes) is 7. The van der Waals surface area contributed by atoms with E-state index in [-0.39, 0.29) is 0 Å². The monoisotopic (exact) mass is 504 g/mol. The zero-order valence-corrected chi connectivity index (χ0v) is 22.4. The predicted octanol–water partition coefficient (Wildman–Crippen LogP) is 6.68. The summed E-state index contributed by atoms with van der Waals surface area (Å²) in [6.07, 6.45) is 14.2. The molecule has 0 aromatic heterocycles. The van der Waals surface area contributed by atoms with Crippen molar-refractivity contribution in [2.75, 3.05) is 33.5 Å². The third kappa shape index (κ3) is 13.2. The summed E-state index contributed by atoms with van der Waals surface area (Å²) in [6.45, 7) is 9.58. The molecule has 0 saturated carbocycles. The molecule has 0 atom stereocenters. The minimum absolute atomic E-state index is 0.318. The van der Waals surface area contributed by atoms with Gasteiger partial charge in [0, 0.05) is 17.7 Å². The Morgan fingerprint density at radius 2 is 1.33 bits per heavy atom. The van der Waals surface area contributed by atoms with E-state index in [0.717, 1.165) is 63.0 Å². The summed E-state index contributed by atoms with van der Waals surface area (Å²) in [5.74, 6) is 0.841. The second kappa shape index (κ2) is 20.3. The fraction of sp³-hybridized carbons (Fsp3) is 0.586. The number of methoxy groups -OCH3 is 1.